The first-order valence-corrected chi connectivity index (χ1v) is 16.1. The molecule has 0 amide bonds. The lowest BCUT2D eigenvalue weighted by Gasteiger charge is -2.14. The molecule has 218 valence electrons. The van der Waals surface area contributed by atoms with E-state index in [1.807, 2.05) is 0 Å². The molecule has 1 aliphatic rings. The Morgan fingerprint density at radius 3 is 1.80 bits per heavy atom. The Labute approximate surface area is 269 Å². The lowest BCUT2D eigenvalue weighted by Crippen LogP contribution is -2.02. The average Bonchev–Trinajstić information content (AvgIpc) is 3.66. The van der Waals surface area contributed by atoms with Crippen LogP contribution in [-0.2, 0) is 6.42 Å². The third-order valence-corrected chi connectivity index (χ3v) is 9.40. The van der Waals surface area contributed by atoms with E-state index in [0.717, 1.165) is 18.5 Å². The van der Waals surface area contributed by atoms with Crippen molar-refractivity contribution in [2.75, 3.05) is 0 Å². The van der Waals surface area contributed by atoms with E-state index in [1.165, 1.54) is 72.3 Å². The summed E-state index contributed by atoms with van der Waals surface area (Å²) in [5, 5.41) is 2.57. The molecule has 0 atom stereocenters. The fourth-order valence-electron chi connectivity index (χ4n) is 7.35. The van der Waals surface area contributed by atoms with Crippen LogP contribution in [0.25, 0.3) is 72.8 Å². The number of hydrogen-bond donors (Lipinski definition) is 0. The van der Waals surface area contributed by atoms with Crippen molar-refractivity contribution in [3.05, 3.63) is 175 Å². The first-order valence-electron chi connectivity index (χ1n) is 16.1. The van der Waals surface area contributed by atoms with Gasteiger partial charge in [-0.1, -0.05) is 127 Å². The highest BCUT2D eigenvalue weighted by atomic mass is 15.0. The van der Waals surface area contributed by atoms with E-state index in [1.54, 1.807) is 0 Å². The Morgan fingerprint density at radius 2 is 1.04 bits per heavy atom. The molecule has 9 rings (SSSR count). The van der Waals surface area contributed by atoms with E-state index in [0.29, 0.717) is 0 Å². The molecule has 6 aromatic carbocycles. The van der Waals surface area contributed by atoms with Crippen molar-refractivity contribution in [1.29, 1.82) is 0 Å². The Bertz CT molecular complexity index is 2370. The summed E-state index contributed by atoms with van der Waals surface area (Å²) in [6.45, 7) is 0. The van der Waals surface area contributed by atoms with Gasteiger partial charge in [-0.15, -0.1) is 0 Å². The van der Waals surface area contributed by atoms with Crippen molar-refractivity contribution in [2.45, 2.75) is 12.8 Å². The molecular formula is C44H32N2. The monoisotopic (exact) mass is 588 g/mol. The molecule has 8 aromatic rings. The topological polar surface area (TPSA) is 9.86 Å². The van der Waals surface area contributed by atoms with Crippen LogP contribution in [0.3, 0.4) is 0 Å². The summed E-state index contributed by atoms with van der Waals surface area (Å²) in [5.74, 6) is 0. The molecule has 0 bridgehead atoms. The maximum Gasteiger partial charge on any atom is 0.0619 e. The fourth-order valence-corrected chi connectivity index (χ4v) is 7.35. The van der Waals surface area contributed by atoms with Crippen LogP contribution in [0.1, 0.15) is 17.7 Å². The second kappa shape index (κ2) is 10.9. The molecule has 0 spiro atoms. The van der Waals surface area contributed by atoms with Gasteiger partial charge >= 0.3 is 0 Å². The zero-order chi connectivity index (χ0) is 30.5. The SMILES string of the molecule is C1=Cc2c(n(-c3ccc(-c4ccc5c(c4)c(-c4ccccc4)c(-c4ccccc4)n5-c4ccccc4)cc3)c3ccccc23)CC1. The average molecular weight is 589 g/mol. The molecular weight excluding hydrogens is 556 g/mol. The predicted octanol–water partition coefficient (Wildman–Crippen LogP) is 11.5. The van der Waals surface area contributed by atoms with Gasteiger partial charge in [-0.25, -0.2) is 0 Å². The predicted molar refractivity (Wildman–Crippen MR) is 194 cm³/mol. The van der Waals surface area contributed by atoms with Crippen molar-refractivity contribution in [3.8, 4) is 44.9 Å². The van der Waals surface area contributed by atoms with Gasteiger partial charge in [0.05, 0.1) is 16.7 Å². The van der Waals surface area contributed by atoms with Crippen LogP contribution in [0.2, 0.25) is 0 Å². The largest absolute Gasteiger partial charge is 0.313 e. The van der Waals surface area contributed by atoms with Crippen molar-refractivity contribution in [3.63, 3.8) is 0 Å². The Hall–Kier alpha value is -5.86. The first-order chi connectivity index (χ1) is 22.8. The molecule has 2 aromatic heterocycles. The molecule has 0 fully saturated rings. The van der Waals surface area contributed by atoms with Gasteiger partial charge in [0.25, 0.3) is 0 Å². The van der Waals surface area contributed by atoms with E-state index in [-0.39, 0.29) is 0 Å². The molecule has 0 saturated carbocycles. The lowest BCUT2D eigenvalue weighted by molar-refractivity contribution is 0.888. The van der Waals surface area contributed by atoms with E-state index in [4.69, 9.17) is 0 Å². The van der Waals surface area contributed by atoms with Crippen molar-refractivity contribution in [1.82, 2.24) is 9.13 Å². The highest BCUT2D eigenvalue weighted by Crippen LogP contribution is 2.44. The number of hydrogen-bond acceptors (Lipinski definition) is 0. The molecule has 0 saturated heterocycles. The first kappa shape index (κ1) is 26.5. The second-order valence-corrected chi connectivity index (χ2v) is 12.1. The third kappa shape index (κ3) is 4.26. The number of fused-ring (bicyclic) bond motifs is 4. The van der Waals surface area contributed by atoms with Gasteiger partial charge in [-0.3, -0.25) is 0 Å². The minimum absolute atomic E-state index is 1.06. The van der Waals surface area contributed by atoms with E-state index in [2.05, 4.69) is 179 Å². The van der Waals surface area contributed by atoms with Gasteiger partial charge in [-0.2, -0.15) is 0 Å². The molecule has 46 heavy (non-hydrogen) atoms. The van der Waals surface area contributed by atoms with Crippen LogP contribution in [-0.4, -0.2) is 9.13 Å². The van der Waals surface area contributed by atoms with Gasteiger partial charge in [0, 0.05) is 39.0 Å². The summed E-state index contributed by atoms with van der Waals surface area (Å²) >= 11 is 0. The molecule has 0 N–H and O–H groups in total. The van der Waals surface area contributed by atoms with Gasteiger partial charge in [0.15, 0.2) is 0 Å². The summed E-state index contributed by atoms with van der Waals surface area (Å²) in [6.07, 6.45) is 6.75. The van der Waals surface area contributed by atoms with Gasteiger partial charge in [-0.05, 0) is 77.6 Å². The molecule has 0 aliphatic heterocycles. The maximum atomic E-state index is 2.46. The highest BCUT2D eigenvalue weighted by Gasteiger charge is 2.22. The third-order valence-electron chi connectivity index (χ3n) is 9.40. The number of aromatic nitrogens is 2. The summed E-state index contributed by atoms with van der Waals surface area (Å²) in [6, 6.07) is 57.2. The Balaban J connectivity index is 1.24. The fraction of sp³-hybridized carbons (Fsp3) is 0.0455. The molecule has 0 radical (unpaired) electrons. The minimum atomic E-state index is 1.06. The Morgan fingerprint density at radius 1 is 0.435 bits per heavy atom. The maximum absolute atomic E-state index is 2.46. The normalized spacial score (nSPS) is 12.5. The highest BCUT2D eigenvalue weighted by molar-refractivity contribution is 6.07. The molecule has 2 heteroatoms. The van der Waals surface area contributed by atoms with Crippen molar-refractivity contribution < 1.29 is 0 Å². The summed E-state index contributed by atoms with van der Waals surface area (Å²) < 4.78 is 4.88. The van der Waals surface area contributed by atoms with Crippen LogP contribution in [0.5, 0.6) is 0 Å². The number of nitrogens with zero attached hydrogens (tertiary/aromatic N) is 2. The minimum Gasteiger partial charge on any atom is -0.313 e. The summed E-state index contributed by atoms with van der Waals surface area (Å²) in [4.78, 5) is 0. The zero-order valence-corrected chi connectivity index (χ0v) is 25.5. The van der Waals surface area contributed by atoms with E-state index in [9.17, 15) is 0 Å². The van der Waals surface area contributed by atoms with Gasteiger partial charge in [0.1, 0.15) is 0 Å². The van der Waals surface area contributed by atoms with Crippen LogP contribution in [0.4, 0.5) is 0 Å². The summed E-state index contributed by atoms with van der Waals surface area (Å²) in [5.41, 5.74) is 14.9. The number of rotatable bonds is 5. The standard InChI is InChI=1S/C44H32N2/c1-4-14-32(15-5-1)43-39-30-34(26-29-42(39)46(35-18-8-3-9-19-35)44(43)33-16-6-2-7-17-33)31-24-27-36(28-25-31)45-40-22-12-10-20-37(40)38-21-11-13-23-41(38)45/h1-12,14-22,24-30H,13,23H2. The van der Waals surface area contributed by atoms with E-state index >= 15 is 0 Å². The number of allylic oxidation sites excluding steroid dienone is 1. The van der Waals surface area contributed by atoms with Crippen LogP contribution in [0, 0.1) is 0 Å². The summed E-state index contributed by atoms with van der Waals surface area (Å²) in [7, 11) is 0. The zero-order valence-electron chi connectivity index (χ0n) is 25.5. The molecule has 2 heterocycles. The molecule has 2 nitrogen and oxygen atoms in total. The van der Waals surface area contributed by atoms with Crippen molar-refractivity contribution in [2.24, 2.45) is 0 Å². The van der Waals surface area contributed by atoms with E-state index < -0.39 is 0 Å². The van der Waals surface area contributed by atoms with Crippen LogP contribution >= 0.6 is 0 Å². The quantitative estimate of drug-likeness (QED) is 0.189. The van der Waals surface area contributed by atoms with Crippen LogP contribution < -0.4 is 0 Å². The number of benzene rings is 6. The smallest absolute Gasteiger partial charge is 0.0619 e. The Kier molecular flexibility index (Phi) is 6.31. The van der Waals surface area contributed by atoms with Gasteiger partial charge < -0.3 is 9.13 Å². The second-order valence-electron chi connectivity index (χ2n) is 12.1. The number of para-hydroxylation sites is 2. The lowest BCUT2D eigenvalue weighted by atomic mass is 9.96. The van der Waals surface area contributed by atoms with Crippen LogP contribution in [0.15, 0.2) is 164 Å². The molecule has 1 aliphatic carbocycles. The van der Waals surface area contributed by atoms with Crippen molar-refractivity contribution >= 4 is 27.9 Å². The molecule has 0 unspecified atom stereocenters. The van der Waals surface area contributed by atoms with Gasteiger partial charge in [0.2, 0.25) is 0 Å².